The summed E-state index contributed by atoms with van der Waals surface area (Å²) < 4.78 is 5.42. The molecule has 2 atom stereocenters. The largest absolute Gasteiger partial charge is 0.433 e. The van der Waals surface area contributed by atoms with Crippen molar-refractivity contribution in [2.24, 2.45) is 5.92 Å². The molecule has 2 rings (SSSR count). The van der Waals surface area contributed by atoms with Gasteiger partial charge in [-0.3, -0.25) is 15.0 Å². The second kappa shape index (κ2) is 9.25. The van der Waals surface area contributed by atoms with E-state index in [1.165, 1.54) is 6.07 Å². The third kappa shape index (κ3) is 4.85. The molecule has 1 aliphatic heterocycles. The Morgan fingerprint density at radius 2 is 2.00 bits per heavy atom. The second-order valence-electron chi connectivity index (χ2n) is 5.05. The van der Waals surface area contributed by atoms with Crippen LogP contribution in [0.4, 0.5) is 5.88 Å². The first kappa shape index (κ1) is 20.2. The van der Waals surface area contributed by atoms with E-state index in [-0.39, 0.29) is 36.7 Å². The summed E-state index contributed by atoms with van der Waals surface area (Å²) in [5.74, 6) is 0.949. The first-order valence-corrected chi connectivity index (χ1v) is 6.82. The molecule has 1 unspecified atom stereocenters. The van der Waals surface area contributed by atoms with Crippen molar-refractivity contribution in [2.45, 2.75) is 26.3 Å². The van der Waals surface area contributed by atoms with Crippen molar-refractivity contribution < 1.29 is 9.34 Å². The maximum absolute atomic E-state index is 10.7. The molecule has 122 valence electrons. The van der Waals surface area contributed by atoms with Crippen LogP contribution in [-0.4, -0.2) is 36.0 Å². The molecule has 2 heterocycles. The monoisotopic (exact) mass is 339 g/mol. The van der Waals surface area contributed by atoms with E-state index < -0.39 is 4.92 Å². The number of hydrogen-bond donors (Lipinski definition) is 1. The fourth-order valence-electron chi connectivity index (χ4n) is 2.60. The lowest BCUT2D eigenvalue weighted by Gasteiger charge is -2.36. The van der Waals surface area contributed by atoms with E-state index in [4.69, 9.17) is 4.42 Å². The minimum absolute atomic E-state index is 0. The van der Waals surface area contributed by atoms with Gasteiger partial charge in [0.25, 0.3) is 0 Å². The van der Waals surface area contributed by atoms with Crippen LogP contribution < -0.4 is 5.32 Å². The Kier molecular flexibility index (Phi) is 8.89. The fraction of sp³-hybridized carbons (Fsp3) is 0.692. The summed E-state index contributed by atoms with van der Waals surface area (Å²) in [6.07, 6.45) is 1.02. The van der Waals surface area contributed by atoms with Gasteiger partial charge in [-0.15, -0.1) is 24.8 Å². The van der Waals surface area contributed by atoms with E-state index in [0.717, 1.165) is 32.6 Å². The van der Waals surface area contributed by atoms with Gasteiger partial charge in [-0.2, -0.15) is 0 Å². The third-order valence-corrected chi connectivity index (χ3v) is 3.81. The van der Waals surface area contributed by atoms with Crippen LogP contribution >= 0.6 is 24.8 Å². The van der Waals surface area contributed by atoms with E-state index in [0.29, 0.717) is 11.7 Å². The first-order valence-electron chi connectivity index (χ1n) is 6.82. The molecule has 1 aliphatic rings. The second-order valence-corrected chi connectivity index (χ2v) is 5.05. The summed E-state index contributed by atoms with van der Waals surface area (Å²) in [6.45, 7) is 8.11. The van der Waals surface area contributed by atoms with E-state index in [2.05, 4.69) is 24.1 Å². The van der Waals surface area contributed by atoms with Gasteiger partial charge in [-0.05, 0) is 12.0 Å². The Labute approximate surface area is 137 Å². The highest BCUT2D eigenvalue weighted by atomic mass is 35.5. The number of furan rings is 1. The van der Waals surface area contributed by atoms with Gasteiger partial charge in [0.2, 0.25) is 0 Å². The third-order valence-electron chi connectivity index (χ3n) is 3.81. The summed E-state index contributed by atoms with van der Waals surface area (Å²) in [6, 6.07) is 3.32. The van der Waals surface area contributed by atoms with Gasteiger partial charge in [0.1, 0.15) is 10.7 Å². The zero-order chi connectivity index (χ0) is 13.8. The molecule has 0 saturated carbocycles. The lowest BCUT2D eigenvalue weighted by Crippen LogP contribution is -2.46. The summed E-state index contributed by atoms with van der Waals surface area (Å²) in [5, 5.41) is 14.1. The molecule has 0 radical (unpaired) electrons. The first-order chi connectivity index (χ1) is 9.13. The van der Waals surface area contributed by atoms with Crippen LogP contribution in [-0.2, 0) is 0 Å². The maximum atomic E-state index is 10.7. The topological polar surface area (TPSA) is 71.5 Å². The Hall–Kier alpha value is -0.820. The predicted molar refractivity (Wildman–Crippen MR) is 86.5 cm³/mol. The van der Waals surface area contributed by atoms with Crippen LogP contribution in [0.2, 0.25) is 0 Å². The highest BCUT2D eigenvalue weighted by molar-refractivity contribution is 5.85. The van der Waals surface area contributed by atoms with E-state index in [9.17, 15) is 10.1 Å². The minimum atomic E-state index is -0.477. The zero-order valence-electron chi connectivity index (χ0n) is 12.3. The van der Waals surface area contributed by atoms with Gasteiger partial charge in [-0.1, -0.05) is 20.3 Å². The molecule has 0 bridgehead atoms. The quantitative estimate of drug-likeness (QED) is 0.659. The SMILES string of the molecule is CCC(C)[C@@H](c1ccc([N+](=O)[O-])o1)N1CCNCC1.Cl.Cl. The average molecular weight is 340 g/mol. The molecule has 8 heteroatoms. The van der Waals surface area contributed by atoms with Gasteiger partial charge < -0.3 is 9.73 Å². The molecule has 1 N–H and O–H groups in total. The van der Waals surface area contributed by atoms with Gasteiger partial charge in [0, 0.05) is 26.2 Å². The number of nitrogens with zero attached hydrogens (tertiary/aromatic N) is 2. The number of halogens is 2. The lowest BCUT2D eigenvalue weighted by molar-refractivity contribution is -0.402. The molecule has 1 aromatic heterocycles. The predicted octanol–water partition coefficient (Wildman–Crippen LogP) is 3.02. The smallest absolute Gasteiger partial charge is 0.404 e. The highest BCUT2D eigenvalue weighted by Gasteiger charge is 2.30. The van der Waals surface area contributed by atoms with Crippen LogP contribution in [0.15, 0.2) is 16.5 Å². The van der Waals surface area contributed by atoms with Crippen LogP contribution in [0, 0.1) is 16.0 Å². The van der Waals surface area contributed by atoms with Crippen LogP contribution in [0.5, 0.6) is 0 Å². The molecule has 0 aromatic carbocycles. The van der Waals surface area contributed by atoms with Gasteiger partial charge >= 0.3 is 5.88 Å². The molecule has 0 aliphatic carbocycles. The summed E-state index contributed by atoms with van der Waals surface area (Å²) in [5.41, 5.74) is 0. The average Bonchev–Trinajstić information content (AvgIpc) is 2.89. The Bertz CT molecular complexity index is 436. The summed E-state index contributed by atoms with van der Waals surface area (Å²) in [4.78, 5) is 12.6. The molecule has 1 fully saturated rings. The Morgan fingerprint density at radius 3 is 2.48 bits per heavy atom. The van der Waals surface area contributed by atoms with E-state index in [1.54, 1.807) is 6.07 Å². The molecule has 1 aromatic rings. The van der Waals surface area contributed by atoms with Crippen molar-refractivity contribution >= 4 is 30.7 Å². The van der Waals surface area contributed by atoms with Crippen molar-refractivity contribution in [2.75, 3.05) is 26.2 Å². The van der Waals surface area contributed by atoms with Gasteiger partial charge in [-0.25, -0.2) is 0 Å². The minimum Gasteiger partial charge on any atom is -0.404 e. The van der Waals surface area contributed by atoms with Crippen molar-refractivity contribution in [1.29, 1.82) is 0 Å². The summed E-state index contributed by atoms with van der Waals surface area (Å²) in [7, 11) is 0. The van der Waals surface area contributed by atoms with Crippen LogP contribution in [0.3, 0.4) is 0 Å². The number of piperazine rings is 1. The highest BCUT2D eigenvalue weighted by Crippen LogP contribution is 2.33. The van der Waals surface area contributed by atoms with Crippen molar-refractivity contribution in [1.82, 2.24) is 10.2 Å². The molecular weight excluding hydrogens is 317 g/mol. The van der Waals surface area contributed by atoms with Crippen LogP contribution in [0.25, 0.3) is 0 Å². The zero-order valence-corrected chi connectivity index (χ0v) is 13.9. The molecular formula is C13H23Cl2N3O3. The fourth-order valence-corrected chi connectivity index (χ4v) is 2.60. The maximum Gasteiger partial charge on any atom is 0.433 e. The van der Waals surface area contributed by atoms with Crippen molar-refractivity contribution in [3.05, 3.63) is 28.0 Å². The lowest BCUT2D eigenvalue weighted by atomic mass is 9.95. The summed E-state index contributed by atoms with van der Waals surface area (Å²) >= 11 is 0. The van der Waals surface area contributed by atoms with Gasteiger partial charge in [0.15, 0.2) is 0 Å². The molecule has 0 spiro atoms. The normalized spacial score (nSPS) is 18.2. The van der Waals surface area contributed by atoms with Crippen molar-refractivity contribution in [3.63, 3.8) is 0 Å². The standard InChI is InChI=1S/C13H21N3O3.2ClH/c1-3-10(2)13(15-8-6-14-7-9-15)11-4-5-12(19-11)16(17)18;;/h4-5,10,13-14H,3,6-9H2,1-2H3;2*1H/t10?,13-;;/m0../s1. The molecule has 21 heavy (non-hydrogen) atoms. The Balaban J connectivity index is 0.00000200. The van der Waals surface area contributed by atoms with E-state index >= 15 is 0 Å². The number of nitrogens with one attached hydrogen (secondary N) is 1. The molecule has 6 nitrogen and oxygen atoms in total. The number of hydrogen-bond acceptors (Lipinski definition) is 5. The number of nitro groups is 1. The van der Waals surface area contributed by atoms with Gasteiger partial charge in [0.05, 0.1) is 12.1 Å². The van der Waals surface area contributed by atoms with E-state index in [1.807, 2.05) is 0 Å². The number of rotatable bonds is 5. The molecule has 0 amide bonds. The Morgan fingerprint density at radius 1 is 1.38 bits per heavy atom. The van der Waals surface area contributed by atoms with Crippen LogP contribution in [0.1, 0.15) is 32.1 Å². The molecule has 1 saturated heterocycles. The van der Waals surface area contributed by atoms with Crippen molar-refractivity contribution in [3.8, 4) is 0 Å².